The minimum Gasteiger partial charge on any atom is -0.508 e. The van der Waals surface area contributed by atoms with Crippen molar-refractivity contribution in [3.8, 4) is 23.3 Å². The Hall–Kier alpha value is -3.89. The van der Waals surface area contributed by atoms with E-state index in [9.17, 15) is 19.1 Å². The highest BCUT2D eigenvalue weighted by molar-refractivity contribution is 5.95. The Kier molecular flexibility index (Phi) is 6.62. The highest BCUT2D eigenvalue weighted by Gasteiger charge is 2.30. The van der Waals surface area contributed by atoms with E-state index in [0.29, 0.717) is 29.2 Å². The maximum atomic E-state index is 14.4. The van der Waals surface area contributed by atoms with Crippen molar-refractivity contribution in [1.29, 1.82) is 5.26 Å². The van der Waals surface area contributed by atoms with E-state index in [1.54, 1.807) is 24.3 Å². The lowest BCUT2D eigenvalue weighted by Crippen LogP contribution is -2.49. The van der Waals surface area contributed by atoms with Crippen LogP contribution in [0.3, 0.4) is 0 Å². The van der Waals surface area contributed by atoms with Crippen molar-refractivity contribution in [3.05, 3.63) is 88.7 Å². The zero-order valence-electron chi connectivity index (χ0n) is 19.9. The zero-order chi connectivity index (χ0) is 25.2. The van der Waals surface area contributed by atoms with Gasteiger partial charge in [-0.05, 0) is 72.2 Å². The number of nitrogens with zero attached hydrogens (tertiary/aromatic N) is 2. The van der Waals surface area contributed by atoms with Crippen LogP contribution in [0.5, 0.6) is 17.2 Å². The molecule has 1 N–H and O–H groups in total. The summed E-state index contributed by atoms with van der Waals surface area (Å²) < 4.78 is 39.2. The minimum atomic E-state index is -0.553. The Balaban J connectivity index is 1.42. The van der Waals surface area contributed by atoms with Crippen molar-refractivity contribution in [3.63, 3.8) is 0 Å². The van der Waals surface area contributed by atoms with E-state index in [1.165, 1.54) is 12.1 Å². The molecule has 1 atom stereocenters. The number of alkyl halides is 1. The predicted molar refractivity (Wildman–Crippen MR) is 133 cm³/mol. The summed E-state index contributed by atoms with van der Waals surface area (Å²) in [5.74, 6) is 1.07. The second-order valence-electron chi connectivity index (χ2n) is 9.25. The van der Waals surface area contributed by atoms with E-state index in [0.717, 1.165) is 36.3 Å². The maximum absolute atomic E-state index is 14.4. The number of rotatable bonds is 7. The van der Waals surface area contributed by atoms with Crippen molar-refractivity contribution < 1.29 is 23.4 Å². The summed E-state index contributed by atoms with van der Waals surface area (Å²) in [5, 5.41) is 19.4. The van der Waals surface area contributed by atoms with Gasteiger partial charge in [0.05, 0.1) is 18.3 Å². The first-order valence-corrected chi connectivity index (χ1v) is 11.9. The molecule has 2 aliphatic heterocycles. The van der Waals surface area contributed by atoms with E-state index < -0.39 is 11.9 Å². The van der Waals surface area contributed by atoms with E-state index in [1.807, 2.05) is 37.3 Å². The molecule has 7 heteroatoms. The van der Waals surface area contributed by atoms with Crippen LogP contribution in [0.1, 0.15) is 35.3 Å². The first-order valence-electron chi connectivity index (χ1n) is 11.9. The van der Waals surface area contributed by atoms with Gasteiger partial charge in [0.25, 0.3) is 0 Å². The summed E-state index contributed by atoms with van der Waals surface area (Å²) in [7, 11) is 0. The number of aromatic hydroxyl groups is 1. The fraction of sp³-hybridized carbons (Fsp3) is 0.276. The van der Waals surface area contributed by atoms with E-state index in [-0.39, 0.29) is 23.9 Å². The molecule has 0 spiro atoms. The van der Waals surface area contributed by atoms with Gasteiger partial charge in [0.1, 0.15) is 35.8 Å². The highest BCUT2D eigenvalue weighted by Crippen LogP contribution is 2.47. The Morgan fingerprint density at radius 1 is 1.11 bits per heavy atom. The van der Waals surface area contributed by atoms with Crippen molar-refractivity contribution in [1.82, 2.24) is 4.90 Å². The standard InChI is InChI=1S/C29H26F2N2O3/c1-18-26-13-24(34)4-7-27(26)36-29(28(18)22-10-19(15-32)11-23(31)12-22)21-2-5-25(6-3-21)35-9-8-33-16-20(14-30)17-33/h2-7,10-13,20,29,34H,8-9,14,16-17H2,1H3/t29-/m0/s1. The molecule has 0 saturated carbocycles. The molecule has 0 aromatic heterocycles. The normalized spacial score (nSPS) is 17.7. The molecule has 3 aromatic rings. The van der Waals surface area contributed by atoms with Crippen molar-refractivity contribution in [2.45, 2.75) is 13.0 Å². The number of halogens is 2. The summed E-state index contributed by atoms with van der Waals surface area (Å²) in [6.07, 6.45) is -0.553. The average Bonchev–Trinajstić information content (AvgIpc) is 2.85. The van der Waals surface area contributed by atoms with Gasteiger partial charge in [0.2, 0.25) is 0 Å². The number of phenolic OH excluding ortho intramolecular Hbond substituents is 1. The second kappa shape index (κ2) is 10.00. The number of ether oxygens (including phenoxy) is 2. The van der Waals surface area contributed by atoms with Crippen LogP contribution in [0.15, 0.2) is 60.7 Å². The first-order chi connectivity index (χ1) is 17.4. The highest BCUT2D eigenvalue weighted by atomic mass is 19.1. The van der Waals surface area contributed by atoms with Crippen LogP contribution < -0.4 is 9.47 Å². The van der Waals surface area contributed by atoms with Crippen molar-refractivity contribution in [2.24, 2.45) is 5.92 Å². The quantitative estimate of drug-likeness (QED) is 0.459. The number of phenols is 1. The van der Waals surface area contributed by atoms with Crippen LogP contribution in [0.2, 0.25) is 0 Å². The molecule has 5 nitrogen and oxygen atoms in total. The van der Waals surface area contributed by atoms with Gasteiger partial charge in [-0.15, -0.1) is 0 Å². The Labute approximate surface area is 208 Å². The minimum absolute atomic E-state index is 0.103. The molecule has 1 saturated heterocycles. The molecule has 2 heterocycles. The molecular weight excluding hydrogens is 462 g/mol. The molecule has 0 aliphatic carbocycles. The van der Waals surface area contributed by atoms with E-state index in [2.05, 4.69) is 4.90 Å². The summed E-state index contributed by atoms with van der Waals surface area (Å²) >= 11 is 0. The maximum Gasteiger partial charge on any atom is 0.150 e. The summed E-state index contributed by atoms with van der Waals surface area (Å²) in [4.78, 5) is 2.16. The molecule has 0 bridgehead atoms. The van der Waals surface area contributed by atoms with Gasteiger partial charge in [0, 0.05) is 36.7 Å². The van der Waals surface area contributed by atoms with Gasteiger partial charge in [-0.3, -0.25) is 9.29 Å². The molecule has 36 heavy (non-hydrogen) atoms. The number of benzene rings is 3. The number of hydrogen-bond donors (Lipinski definition) is 1. The fourth-order valence-corrected chi connectivity index (χ4v) is 4.84. The van der Waals surface area contributed by atoms with E-state index in [4.69, 9.17) is 9.47 Å². The number of hydrogen-bond acceptors (Lipinski definition) is 5. The number of fused-ring (bicyclic) bond motifs is 1. The smallest absolute Gasteiger partial charge is 0.150 e. The fourth-order valence-electron chi connectivity index (χ4n) is 4.84. The summed E-state index contributed by atoms with van der Waals surface area (Å²) in [5.41, 5.74) is 3.86. The molecule has 0 amide bonds. The van der Waals surface area contributed by atoms with Crippen LogP contribution in [0, 0.1) is 23.1 Å². The molecular formula is C29H26F2N2O3. The molecule has 2 aliphatic rings. The van der Waals surface area contributed by atoms with Crippen molar-refractivity contribution in [2.75, 3.05) is 32.9 Å². The second-order valence-corrected chi connectivity index (χ2v) is 9.25. The third kappa shape index (κ3) is 4.77. The number of allylic oxidation sites excluding steroid dienone is 1. The van der Waals surface area contributed by atoms with E-state index >= 15 is 0 Å². The third-order valence-electron chi connectivity index (χ3n) is 6.73. The van der Waals surface area contributed by atoms with Gasteiger partial charge in [-0.2, -0.15) is 5.26 Å². The van der Waals surface area contributed by atoms with Gasteiger partial charge in [-0.25, -0.2) is 4.39 Å². The first kappa shape index (κ1) is 23.8. The summed E-state index contributed by atoms with van der Waals surface area (Å²) in [6, 6.07) is 18.7. The largest absolute Gasteiger partial charge is 0.508 e. The predicted octanol–water partition coefficient (Wildman–Crippen LogP) is 5.75. The molecule has 5 rings (SSSR count). The number of nitriles is 1. The Bertz CT molecular complexity index is 1340. The molecule has 0 radical (unpaired) electrons. The molecule has 3 aromatic carbocycles. The van der Waals surface area contributed by atoms with Crippen LogP contribution in [0.4, 0.5) is 8.78 Å². The van der Waals surface area contributed by atoms with Gasteiger partial charge in [-0.1, -0.05) is 12.1 Å². The van der Waals surface area contributed by atoms with Gasteiger partial charge in [0.15, 0.2) is 0 Å². The van der Waals surface area contributed by atoms with Crippen LogP contribution in [-0.4, -0.2) is 42.9 Å². The van der Waals surface area contributed by atoms with Crippen LogP contribution in [-0.2, 0) is 0 Å². The zero-order valence-corrected chi connectivity index (χ0v) is 19.9. The summed E-state index contributed by atoms with van der Waals surface area (Å²) in [6.45, 7) is 4.45. The van der Waals surface area contributed by atoms with Crippen LogP contribution in [0.25, 0.3) is 11.1 Å². The average molecular weight is 489 g/mol. The molecule has 1 fully saturated rings. The monoisotopic (exact) mass is 488 g/mol. The lowest BCUT2D eigenvalue weighted by molar-refractivity contribution is 0.0668. The lowest BCUT2D eigenvalue weighted by atomic mass is 9.85. The van der Waals surface area contributed by atoms with Gasteiger partial charge >= 0.3 is 0 Å². The Morgan fingerprint density at radius 2 is 1.89 bits per heavy atom. The van der Waals surface area contributed by atoms with Crippen LogP contribution >= 0.6 is 0 Å². The lowest BCUT2D eigenvalue weighted by Gasteiger charge is -2.37. The third-order valence-corrected chi connectivity index (χ3v) is 6.73. The Morgan fingerprint density at radius 3 is 2.61 bits per heavy atom. The topological polar surface area (TPSA) is 65.7 Å². The molecule has 184 valence electrons. The van der Waals surface area contributed by atoms with Gasteiger partial charge < -0.3 is 14.6 Å². The SMILES string of the molecule is CC1=C(c2cc(F)cc(C#N)c2)[C@H](c2ccc(OCCN3CC(CF)C3)cc2)Oc2ccc(O)cc21. The molecule has 0 unspecified atom stereocenters. The number of likely N-dealkylation sites (tertiary alicyclic amines) is 1. The van der Waals surface area contributed by atoms with Crippen molar-refractivity contribution >= 4 is 11.1 Å².